The molecule has 0 bridgehead atoms. The molecule has 0 aliphatic carbocycles. The number of allylic oxidation sites excluding steroid dienone is 1. The zero-order valence-corrected chi connectivity index (χ0v) is 18.9. The van der Waals surface area contributed by atoms with Crippen molar-refractivity contribution in [3.05, 3.63) is 93.1 Å². The van der Waals surface area contributed by atoms with E-state index in [1.807, 2.05) is 43.3 Å². The van der Waals surface area contributed by atoms with Gasteiger partial charge in [-0.3, -0.25) is 4.79 Å². The van der Waals surface area contributed by atoms with E-state index < -0.39 is 5.97 Å². The normalized spacial score (nSPS) is 13.7. The van der Waals surface area contributed by atoms with E-state index in [0.717, 1.165) is 15.7 Å². The van der Waals surface area contributed by atoms with Gasteiger partial charge in [-0.1, -0.05) is 28.1 Å². The van der Waals surface area contributed by atoms with Gasteiger partial charge in [0.2, 0.25) is 5.78 Å². The first-order chi connectivity index (χ1) is 14.8. The van der Waals surface area contributed by atoms with E-state index in [-0.39, 0.29) is 11.5 Å². The predicted molar refractivity (Wildman–Crippen MR) is 124 cm³/mol. The third-order valence-electron chi connectivity index (χ3n) is 4.94. The molecule has 0 saturated carbocycles. The standard InChI is InChI=1S/C25H20BrNO4/c1-15-12-20(30-25(29)17-6-8-18(26)9-7-17)14-21-23(15)24(28)22(31-21)13-16-4-10-19(11-5-16)27(2)3/h4-14H,1-3H3/b22-13-. The minimum Gasteiger partial charge on any atom is -0.452 e. The molecule has 0 atom stereocenters. The van der Waals surface area contributed by atoms with E-state index in [1.54, 1.807) is 49.4 Å². The van der Waals surface area contributed by atoms with Crippen LogP contribution in [-0.4, -0.2) is 25.8 Å². The van der Waals surface area contributed by atoms with E-state index in [4.69, 9.17) is 9.47 Å². The minimum atomic E-state index is -0.479. The molecule has 0 unspecified atom stereocenters. The number of ether oxygens (including phenoxy) is 2. The molecule has 3 aromatic carbocycles. The average molecular weight is 478 g/mol. The Morgan fingerprint density at radius 1 is 1.03 bits per heavy atom. The smallest absolute Gasteiger partial charge is 0.343 e. The maximum absolute atomic E-state index is 12.9. The number of halogens is 1. The van der Waals surface area contributed by atoms with Crippen LogP contribution in [0.2, 0.25) is 0 Å². The second-order valence-corrected chi connectivity index (χ2v) is 8.35. The summed E-state index contributed by atoms with van der Waals surface area (Å²) < 4.78 is 12.2. The van der Waals surface area contributed by atoms with Crippen LogP contribution in [0.5, 0.6) is 11.5 Å². The van der Waals surface area contributed by atoms with Crippen molar-refractivity contribution in [2.45, 2.75) is 6.92 Å². The van der Waals surface area contributed by atoms with E-state index >= 15 is 0 Å². The molecule has 0 spiro atoms. The Balaban J connectivity index is 1.57. The summed E-state index contributed by atoms with van der Waals surface area (Å²) in [6.07, 6.45) is 1.72. The monoisotopic (exact) mass is 477 g/mol. The number of anilines is 1. The number of esters is 1. The maximum Gasteiger partial charge on any atom is 0.343 e. The third-order valence-corrected chi connectivity index (χ3v) is 5.47. The molecule has 4 rings (SSSR count). The molecule has 156 valence electrons. The summed E-state index contributed by atoms with van der Waals surface area (Å²) in [5.74, 6) is 0.295. The lowest BCUT2D eigenvalue weighted by atomic mass is 10.0. The molecular formula is C25H20BrNO4. The van der Waals surface area contributed by atoms with Gasteiger partial charge in [-0.15, -0.1) is 0 Å². The highest BCUT2D eigenvalue weighted by atomic mass is 79.9. The van der Waals surface area contributed by atoms with Crippen molar-refractivity contribution < 1.29 is 19.1 Å². The summed E-state index contributed by atoms with van der Waals surface area (Å²) >= 11 is 3.34. The maximum atomic E-state index is 12.9. The lowest BCUT2D eigenvalue weighted by molar-refractivity contribution is 0.0734. The summed E-state index contributed by atoms with van der Waals surface area (Å²) in [7, 11) is 3.94. The van der Waals surface area contributed by atoms with Gasteiger partial charge in [0.05, 0.1) is 11.1 Å². The topological polar surface area (TPSA) is 55.8 Å². The largest absolute Gasteiger partial charge is 0.452 e. The van der Waals surface area contributed by atoms with Gasteiger partial charge >= 0.3 is 5.97 Å². The van der Waals surface area contributed by atoms with E-state index in [1.165, 1.54) is 0 Å². The molecule has 0 N–H and O–H groups in total. The van der Waals surface area contributed by atoms with Crippen molar-refractivity contribution in [3.63, 3.8) is 0 Å². The zero-order valence-electron chi connectivity index (χ0n) is 17.3. The Bertz CT molecular complexity index is 1200. The minimum absolute atomic E-state index is 0.185. The number of Topliss-reactive ketones (excluding diaryl/α,β-unsaturated/α-hetero) is 1. The van der Waals surface area contributed by atoms with Crippen LogP contribution in [0.15, 0.2) is 70.9 Å². The number of carbonyl (C=O) groups is 2. The van der Waals surface area contributed by atoms with Crippen molar-refractivity contribution in [2.24, 2.45) is 0 Å². The summed E-state index contributed by atoms with van der Waals surface area (Å²) in [6, 6.07) is 18.0. The number of carbonyl (C=O) groups excluding carboxylic acids is 2. The molecule has 1 aliphatic rings. The molecule has 1 heterocycles. The van der Waals surface area contributed by atoms with Crippen molar-refractivity contribution in [3.8, 4) is 11.5 Å². The van der Waals surface area contributed by atoms with E-state index in [0.29, 0.717) is 28.2 Å². The van der Waals surface area contributed by atoms with Crippen LogP contribution in [0, 0.1) is 6.92 Å². The number of hydrogen-bond donors (Lipinski definition) is 0. The van der Waals surface area contributed by atoms with E-state index in [9.17, 15) is 9.59 Å². The lowest BCUT2D eigenvalue weighted by Gasteiger charge is -2.11. The lowest BCUT2D eigenvalue weighted by Crippen LogP contribution is -2.08. The highest BCUT2D eigenvalue weighted by Gasteiger charge is 2.30. The van der Waals surface area contributed by atoms with Gasteiger partial charge < -0.3 is 14.4 Å². The van der Waals surface area contributed by atoms with Gasteiger partial charge in [-0.25, -0.2) is 4.79 Å². The molecule has 0 aromatic heterocycles. The Kier molecular flexibility index (Phi) is 5.65. The van der Waals surface area contributed by atoms with Crippen molar-refractivity contribution in [2.75, 3.05) is 19.0 Å². The molecule has 1 aliphatic heterocycles. The Morgan fingerprint density at radius 3 is 2.35 bits per heavy atom. The molecule has 3 aromatic rings. The molecule has 6 heteroatoms. The van der Waals surface area contributed by atoms with Crippen LogP contribution in [-0.2, 0) is 0 Å². The molecule has 0 fully saturated rings. The number of ketones is 1. The summed E-state index contributed by atoms with van der Waals surface area (Å²) in [4.78, 5) is 27.3. The number of benzene rings is 3. The quantitative estimate of drug-likeness (QED) is 0.275. The number of fused-ring (bicyclic) bond motifs is 1. The third kappa shape index (κ3) is 4.39. The van der Waals surface area contributed by atoms with Gasteiger partial charge in [0.1, 0.15) is 11.5 Å². The summed E-state index contributed by atoms with van der Waals surface area (Å²) in [5.41, 5.74) is 3.53. The Hall–Kier alpha value is -3.38. The first-order valence-corrected chi connectivity index (χ1v) is 10.4. The van der Waals surface area contributed by atoms with Crippen LogP contribution in [0.4, 0.5) is 5.69 Å². The first kappa shape index (κ1) is 20.9. The summed E-state index contributed by atoms with van der Waals surface area (Å²) in [5, 5.41) is 0. The van der Waals surface area contributed by atoms with Crippen molar-refractivity contribution >= 4 is 39.4 Å². The van der Waals surface area contributed by atoms with Crippen LogP contribution in [0.25, 0.3) is 6.08 Å². The Morgan fingerprint density at radius 2 is 1.71 bits per heavy atom. The van der Waals surface area contributed by atoms with Gasteiger partial charge in [0.25, 0.3) is 0 Å². The van der Waals surface area contributed by atoms with Gasteiger partial charge in [0.15, 0.2) is 5.76 Å². The fourth-order valence-electron chi connectivity index (χ4n) is 3.31. The molecular weight excluding hydrogens is 458 g/mol. The second kappa shape index (κ2) is 8.40. The molecule has 31 heavy (non-hydrogen) atoms. The van der Waals surface area contributed by atoms with E-state index in [2.05, 4.69) is 15.9 Å². The summed E-state index contributed by atoms with van der Waals surface area (Å²) in [6.45, 7) is 1.80. The fourth-order valence-corrected chi connectivity index (χ4v) is 3.57. The predicted octanol–water partition coefficient (Wildman–Crippen LogP) is 5.66. The SMILES string of the molecule is Cc1cc(OC(=O)c2ccc(Br)cc2)cc2c1C(=O)/C(=C/c1ccc(N(C)C)cc1)O2. The zero-order chi connectivity index (χ0) is 22.1. The fraction of sp³-hybridized carbons (Fsp3) is 0.120. The van der Waals surface area contributed by atoms with Gasteiger partial charge in [-0.2, -0.15) is 0 Å². The second-order valence-electron chi connectivity index (χ2n) is 7.44. The van der Waals surface area contributed by atoms with Gasteiger partial charge in [0, 0.05) is 30.3 Å². The Labute approximate surface area is 189 Å². The molecule has 0 saturated heterocycles. The van der Waals surface area contributed by atoms with Crippen LogP contribution < -0.4 is 14.4 Å². The molecule has 0 radical (unpaired) electrons. The van der Waals surface area contributed by atoms with Gasteiger partial charge in [-0.05, 0) is 66.6 Å². The van der Waals surface area contributed by atoms with Crippen LogP contribution in [0.1, 0.15) is 31.8 Å². The van der Waals surface area contributed by atoms with Crippen LogP contribution >= 0.6 is 15.9 Å². The number of hydrogen-bond acceptors (Lipinski definition) is 5. The average Bonchev–Trinajstić information content (AvgIpc) is 3.04. The highest BCUT2D eigenvalue weighted by molar-refractivity contribution is 9.10. The first-order valence-electron chi connectivity index (χ1n) is 9.66. The molecule has 0 amide bonds. The van der Waals surface area contributed by atoms with Crippen molar-refractivity contribution in [1.29, 1.82) is 0 Å². The number of aryl methyl sites for hydroxylation is 1. The molecule has 5 nitrogen and oxygen atoms in total. The van der Waals surface area contributed by atoms with Crippen LogP contribution in [0.3, 0.4) is 0 Å². The number of rotatable bonds is 4. The highest BCUT2D eigenvalue weighted by Crippen LogP contribution is 2.37. The van der Waals surface area contributed by atoms with Crippen molar-refractivity contribution in [1.82, 2.24) is 0 Å². The number of nitrogens with zero attached hydrogens (tertiary/aromatic N) is 1.